The van der Waals surface area contributed by atoms with Crippen LogP contribution in [-0.4, -0.2) is 56.0 Å². The Hall–Kier alpha value is -3.74. The molecule has 1 aliphatic rings. The van der Waals surface area contributed by atoms with Crippen LogP contribution in [0.1, 0.15) is 23.6 Å². The molecule has 7 nitrogen and oxygen atoms in total. The molecule has 0 aromatic heterocycles. The number of halogens is 3. The Morgan fingerprint density at radius 1 is 1.18 bits per heavy atom. The third kappa shape index (κ3) is 5.60. The molecule has 0 aliphatic carbocycles. The van der Waals surface area contributed by atoms with E-state index >= 15 is 0 Å². The molecule has 0 spiro atoms. The predicted molar refractivity (Wildman–Crippen MR) is 119 cm³/mol. The summed E-state index contributed by atoms with van der Waals surface area (Å²) in [5, 5.41) is 11.6. The Morgan fingerprint density at radius 3 is 2.47 bits per heavy atom. The number of ether oxygens (including phenoxy) is 1. The Bertz CT molecular complexity index is 1080. The van der Waals surface area contributed by atoms with Crippen molar-refractivity contribution in [1.29, 1.82) is 5.26 Å². The zero-order valence-corrected chi connectivity index (χ0v) is 18.9. The van der Waals surface area contributed by atoms with Crippen LogP contribution in [0.3, 0.4) is 0 Å². The number of nitriles is 1. The summed E-state index contributed by atoms with van der Waals surface area (Å²) in [5.41, 5.74) is -0.506. The lowest BCUT2D eigenvalue weighted by atomic mass is 10.0. The maximum Gasteiger partial charge on any atom is 0.417 e. The summed E-state index contributed by atoms with van der Waals surface area (Å²) < 4.78 is 45.6. The number of carbonyl (C=O) groups is 2. The molecule has 3 rings (SSSR count). The Balaban J connectivity index is 1.79. The SMILES string of the molecule is CCOc1ccc(CC(=O)N2CCN(c3ccc(C#N)c(C(F)(F)F)c3)CC2C(=O)NC)cc1. The fourth-order valence-corrected chi connectivity index (χ4v) is 3.91. The number of nitrogens with zero attached hydrogens (tertiary/aromatic N) is 3. The van der Waals surface area contributed by atoms with Crippen LogP contribution < -0.4 is 15.0 Å². The summed E-state index contributed by atoms with van der Waals surface area (Å²) in [6.45, 7) is 2.83. The van der Waals surface area contributed by atoms with E-state index in [0.29, 0.717) is 12.4 Å². The number of rotatable bonds is 6. The first-order valence-electron chi connectivity index (χ1n) is 10.8. The predicted octanol–water partition coefficient (Wildman–Crippen LogP) is 2.98. The standard InChI is InChI=1S/C24H25F3N4O3/c1-3-34-19-8-4-16(5-9-19)12-22(32)31-11-10-30(15-21(31)23(33)29-2)18-7-6-17(14-28)20(13-18)24(25,26)27/h4-9,13,21H,3,10-12,15H2,1-2H3,(H,29,33). The van der Waals surface area contributed by atoms with Crippen LogP contribution in [0.15, 0.2) is 42.5 Å². The Morgan fingerprint density at radius 2 is 1.88 bits per heavy atom. The van der Waals surface area contributed by atoms with Gasteiger partial charge in [-0.05, 0) is 42.8 Å². The van der Waals surface area contributed by atoms with E-state index in [9.17, 15) is 22.8 Å². The molecular weight excluding hydrogens is 449 g/mol. The highest BCUT2D eigenvalue weighted by atomic mass is 19.4. The quantitative estimate of drug-likeness (QED) is 0.696. The number of hydrogen-bond acceptors (Lipinski definition) is 5. The number of hydrogen-bond donors (Lipinski definition) is 1. The number of benzene rings is 2. The first kappa shape index (κ1) is 24.9. The lowest BCUT2D eigenvalue weighted by molar-refractivity contribution is -0.140. The van der Waals surface area contributed by atoms with E-state index in [1.54, 1.807) is 35.2 Å². The van der Waals surface area contributed by atoms with E-state index in [-0.39, 0.29) is 37.6 Å². The van der Waals surface area contributed by atoms with Crippen molar-refractivity contribution >= 4 is 17.5 Å². The summed E-state index contributed by atoms with van der Waals surface area (Å²) in [5.74, 6) is 0.0267. The minimum absolute atomic E-state index is 0.0257. The number of likely N-dealkylation sites (N-methyl/N-ethyl adjacent to an activating group) is 1. The molecule has 1 saturated heterocycles. The molecule has 0 saturated carbocycles. The second-order valence-electron chi connectivity index (χ2n) is 7.76. The van der Waals surface area contributed by atoms with Gasteiger partial charge in [-0.1, -0.05) is 12.1 Å². The van der Waals surface area contributed by atoms with Crippen molar-refractivity contribution in [2.24, 2.45) is 0 Å². The smallest absolute Gasteiger partial charge is 0.417 e. The normalized spacial score (nSPS) is 16.1. The summed E-state index contributed by atoms with van der Waals surface area (Å²) in [6.07, 6.45) is -4.61. The van der Waals surface area contributed by atoms with Crippen molar-refractivity contribution in [3.05, 3.63) is 59.2 Å². The van der Waals surface area contributed by atoms with Gasteiger partial charge in [0.1, 0.15) is 11.8 Å². The minimum Gasteiger partial charge on any atom is -0.494 e. The Labute approximate surface area is 195 Å². The average molecular weight is 474 g/mol. The number of nitrogens with one attached hydrogen (secondary N) is 1. The summed E-state index contributed by atoms with van der Waals surface area (Å²) in [6, 6.07) is 11.2. The van der Waals surface area contributed by atoms with Crippen molar-refractivity contribution in [2.45, 2.75) is 25.6 Å². The van der Waals surface area contributed by atoms with Crippen LogP contribution in [0.5, 0.6) is 5.75 Å². The van der Waals surface area contributed by atoms with E-state index in [0.717, 1.165) is 17.7 Å². The molecule has 34 heavy (non-hydrogen) atoms. The molecule has 2 aromatic carbocycles. The highest BCUT2D eigenvalue weighted by molar-refractivity contribution is 5.89. The second-order valence-corrected chi connectivity index (χ2v) is 7.76. The van der Waals surface area contributed by atoms with Gasteiger partial charge in [0.25, 0.3) is 0 Å². The Kier molecular flexibility index (Phi) is 7.66. The van der Waals surface area contributed by atoms with E-state index in [4.69, 9.17) is 10.00 Å². The van der Waals surface area contributed by atoms with Crippen molar-refractivity contribution in [1.82, 2.24) is 10.2 Å². The van der Waals surface area contributed by atoms with Gasteiger partial charge >= 0.3 is 6.18 Å². The molecule has 1 heterocycles. The number of alkyl halides is 3. The third-order valence-corrected chi connectivity index (χ3v) is 5.63. The van der Waals surface area contributed by atoms with Crippen LogP contribution in [-0.2, 0) is 22.2 Å². The molecule has 1 atom stereocenters. The molecule has 2 amide bonds. The average Bonchev–Trinajstić information content (AvgIpc) is 2.83. The fourth-order valence-electron chi connectivity index (χ4n) is 3.91. The summed E-state index contributed by atoms with van der Waals surface area (Å²) in [4.78, 5) is 28.7. The summed E-state index contributed by atoms with van der Waals surface area (Å²) >= 11 is 0. The topological polar surface area (TPSA) is 85.7 Å². The molecule has 1 unspecified atom stereocenters. The second kappa shape index (κ2) is 10.5. The highest BCUT2D eigenvalue weighted by Gasteiger charge is 2.37. The van der Waals surface area contributed by atoms with Gasteiger partial charge in [0.15, 0.2) is 0 Å². The summed E-state index contributed by atoms with van der Waals surface area (Å²) in [7, 11) is 1.44. The largest absolute Gasteiger partial charge is 0.494 e. The molecule has 0 bridgehead atoms. The molecule has 10 heteroatoms. The lowest BCUT2D eigenvalue weighted by Gasteiger charge is -2.41. The van der Waals surface area contributed by atoms with Crippen molar-refractivity contribution in [3.63, 3.8) is 0 Å². The first-order chi connectivity index (χ1) is 16.2. The van der Waals surface area contributed by atoms with Crippen molar-refractivity contribution < 1.29 is 27.5 Å². The van der Waals surface area contributed by atoms with E-state index in [1.165, 1.54) is 18.0 Å². The van der Waals surface area contributed by atoms with E-state index in [1.807, 2.05) is 6.92 Å². The van der Waals surface area contributed by atoms with Gasteiger partial charge in [-0.2, -0.15) is 18.4 Å². The fraction of sp³-hybridized carbons (Fsp3) is 0.375. The maximum atomic E-state index is 13.4. The third-order valence-electron chi connectivity index (χ3n) is 5.63. The lowest BCUT2D eigenvalue weighted by Crippen LogP contribution is -2.60. The maximum absolute atomic E-state index is 13.4. The van der Waals surface area contributed by atoms with Crippen LogP contribution in [0, 0.1) is 11.3 Å². The van der Waals surface area contributed by atoms with Crippen LogP contribution in [0.25, 0.3) is 0 Å². The number of carbonyl (C=O) groups excluding carboxylic acids is 2. The first-order valence-corrected chi connectivity index (χ1v) is 10.8. The molecule has 180 valence electrons. The molecule has 1 N–H and O–H groups in total. The molecule has 2 aromatic rings. The van der Waals surface area contributed by atoms with Crippen LogP contribution in [0.2, 0.25) is 0 Å². The molecule has 0 radical (unpaired) electrons. The zero-order chi connectivity index (χ0) is 24.9. The van der Waals surface area contributed by atoms with Gasteiger partial charge in [0.05, 0.1) is 30.2 Å². The molecule has 1 fully saturated rings. The van der Waals surface area contributed by atoms with Crippen molar-refractivity contribution in [3.8, 4) is 11.8 Å². The van der Waals surface area contributed by atoms with E-state index < -0.39 is 29.3 Å². The molecular formula is C24H25F3N4O3. The van der Waals surface area contributed by atoms with Crippen LogP contribution in [0.4, 0.5) is 18.9 Å². The highest BCUT2D eigenvalue weighted by Crippen LogP contribution is 2.35. The van der Waals surface area contributed by atoms with Gasteiger partial charge in [-0.25, -0.2) is 0 Å². The van der Waals surface area contributed by atoms with Gasteiger partial charge in [-0.3, -0.25) is 9.59 Å². The van der Waals surface area contributed by atoms with Gasteiger partial charge in [-0.15, -0.1) is 0 Å². The molecule has 1 aliphatic heterocycles. The van der Waals surface area contributed by atoms with E-state index in [2.05, 4.69) is 5.32 Å². The minimum atomic E-state index is -4.68. The van der Waals surface area contributed by atoms with Gasteiger partial charge < -0.3 is 19.9 Å². The number of anilines is 1. The zero-order valence-electron chi connectivity index (χ0n) is 18.9. The monoisotopic (exact) mass is 474 g/mol. The van der Waals surface area contributed by atoms with Crippen LogP contribution >= 0.6 is 0 Å². The van der Waals surface area contributed by atoms with Gasteiger partial charge in [0, 0.05) is 32.4 Å². The number of amides is 2. The van der Waals surface area contributed by atoms with Gasteiger partial charge in [0.2, 0.25) is 11.8 Å². The van der Waals surface area contributed by atoms with Crippen molar-refractivity contribution in [2.75, 3.05) is 38.2 Å². The number of piperazine rings is 1.